The third-order valence-electron chi connectivity index (χ3n) is 7.21. The van der Waals surface area contributed by atoms with Gasteiger partial charge in [-0.2, -0.15) is 0 Å². The highest BCUT2D eigenvalue weighted by molar-refractivity contribution is 6.11. The molecular weight excluding hydrogens is 372 g/mol. The number of carbonyl (C=O) groups excluding carboxylic acids is 2. The number of rotatable bonds is 6. The molecule has 0 N–H and O–H groups in total. The van der Waals surface area contributed by atoms with Gasteiger partial charge in [-0.15, -0.1) is 0 Å². The molecule has 1 fully saturated rings. The number of likely N-dealkylation sites (tertiary alicyclic amines) is 1. The second kappa shape index (κ2) is 8.35. The number of hydrogen-bond donors (Lipinski definition) is 0. The van der Waals surface area contributed by atoms with Gasteiger partial charge in [-0.05, 0) is 67.8 Å². The molecular formula is C26H30N2O2. The maximum Gasteiger partial charge on any atom is 0.237 e. The Morgan fingerprint density at radius 1 is 0.933 bits per heavy atom. The van der Waals surface area contributed by atoms with Crippen molar-refractivity contribution in [2.75, 3.05) is 24.5 Å². The average Bonchev–Trinajstić information content (AvgIpc) is 3.22. The zero-order valence-electron chi connectivity index (χ0n) is 17.6. The summed E-state index contributed by atoms with van der Waals surface area (Å²) in [7, 11) is 0. The van der Waals surface area contributed by atoms with E-state index in [4.69, 9.17) is 0 Å². The van der Waals surface area contributed by atoms with E-state index in [-0.39, 0.29) is 11.7 Å². The molecule has 5 rings (SSSR count). The first-order chi connectivity index (χ1) is 14.7. The first kappa shape index (κ1) is 19.5. The summed E-state index contributed by atoms with van der Waals surface area (Å²) < 4.78 is 0. The Morgan fingerprint density at radius 3 is 2.50 bits per heavy atom. The average molecular weight is 403 g/mol. The molecule has 2 aromatic rings. The highest BCUT2D eigenvalue weighted by Crippen LogP contribution is 2.39. The van der Waals surface area contributed by atoms with E-state index in [1.54, 1.807) is 0 Å². The number of para-hydroxylation sites is 1. The quantitative estimate of drug-likeness (QED) is 0.686. The van der Waals surface area contributed by atoms with Crippen molar-refractivity contribution in [3.63, 3.8) is 0 Å². The SMILES string of the molecule is O=C(CCC1CCN(Cc2ccccc2)CC1)C1Cc2cccc3c2N(CC3)C1=O. The minimum Gasteiger partial charge on any atom is -0.311 e. The largest absolute Gasteiger partial charge is 0.311 e. The molecule has 0 aliphatic carbocycles. The Kier molecular flexibility index (Phi) is 5.43. The lowest BCUT2D eigenvalue weighted by molar-refractivity contribution is -0.133. The summed E-state index contributed by atoms with van der Waals surface area (Å²) >= 11 is 0. The summed E-state index contributed by atoms with van der Waals surface area (Å²) in [6, 6.07) is 16.9. The summed E-state index contributed by atoms with van der Waals surface area (Å²) in [5.74, 6) is 0.319. The molecule has 3 aliphatic heterocycles. The summed E-state index contributed by atoms with van der Waals surface area (Å²) in [6.07, 6.45) is 5.27. The molecule has 30 heavy (non-hydrogen) atoms. The fraction of sp³-hybridized carbons (Fsp3) is 0.462. The zero-order chi connectivity index (χ0) is 20.5. The van der Waals surface area contributed by atoms with Gasteiger partial charge < -0.3 is 4.90 Å². The van der Waals surface area contributed by atoms with Crippen LogP contribution in [0.4, 0.5) is 5.69 Å². The van der Waals surface area contributed by atoms with Crippen molar-refractivity contribution >= 4 is 17.4 Å². The molecule has 0 radical (unpaired) electrons. The van der Waals surface area contributed by atoms with E-state index in [1.165, 1.54) is 16.7 Å². The van der Waals surface area contributed by atoms with Gasteiger partial charge in [-0.1, -0.05) is 48.5 Å². The van der Waals surface area contributed by atoms with E-state index in [1.807, 2.05) is 4.90 Å². The number of hydrogen-bond acceptors (Lipinski definition) is 3. The van der Waals surface area contributed by atoms with Gasteiger partial charge in [-0.3, -0.25) is 14.5 Å². The highest BCUT2D eigenvalue weighted by Gasteiger charge is 2.40. The fourth-order valence-corrected chi connectivity index (χ4v) is 5.46. The maximum absolute atomic E-state index is 13.0. The number of nitrogens with zero attached hydrogens (tertiary/aromatic N) is 2. The van der Waals surface area contributed by atoms with Crippen LogP contribution in [0, 0.1) is 11.8 Å². The lowest BCUT2D eigenvalue weighted by atomic mass is 9.84. The number of amides is 1. The van der Waals surface area contributed by atoms with Crippen molar-refractivity contribution in [1.29, 1.82) is 0 Å². The molecule has 0 saturated carbocycles. The maximum atomic E-state index is 13.0. The van der Waals surface area contributed by atoms with E-state index in [0.717, 1.165) is 57.5 Å². The van der Waals surface area contributed by atoms with E-state index in [9.17, 15) is 9.59 Å². The second-order valence-electron chi connectivity index (χ2n) is 9.13. The van der Waals surface area contributed by atoms with Crippen molar-refractivity contribution in [2.24, 2.45) is 11.8 Å². The summed E-state index contributed by atoms with van der Waals surface area (Å²) in [5.41, 5.74) is 4.90. The van der Waals surface area contributed by atoms with Crippen molar-refractivity contribution in [3.8, 4) is 0 Å². The molecule has 3 aliphatic rings. The van der Waals surface area contributed by atoms with Gasteiger partial charge >= 0.3 is 0 Å². The number of anilines is 1. The number of piperidine rings is 1. The van der Waals surface area contributed by atoms with Crippen LogP contribution in [0.2, 0.25) is 0 Å². The zero-order valence-corrected chi connectivity index (χ0v) is 17.6. The topological polar surface area (TPSA) is 40.6 Å². The second-order valence-corrected chi connectivity index (χ2v) is 9.13. The Hall–Kier alpha value is -2.46. The van der Waals surface area contributed by atoms with Gasteiger partial charge in [0.15, 0.2) is 0 Å². The van der Waals surface area contributed by atoms with E-state index >= 15 is 0 Å². The molecule has 1 unspecified atom stereocenters. The first-order valence-corrected chi connectivity index (χ1v) is 11.4. The predicted molar refractivity (Wildman–Crippen MR) is 118 cm³/mol. The van der Waals surface area contributed by atoms with Gasteiger partial charge in [0.05, 0.1) is 5.69 Å². The molecule has 1 atom stereocenters. The van der Waals surface area contributed by atoms with E-state index < -0.39 is 5.92 Å². The number of ketones is 1. The van der Waals surface area contributed by atoms with Gasteiger partial charge in [-0.25, -0.2) is 0 Å². The first-order valence-electron chi connectivity index (χ1n) is 11.4. The van der Waals surface area contributed by atoms with Crippen molar-refractivity contribution in [3.05, 3.63) is 65.2 Å². The summed E-state index contributed by atoms with van der Waals surface area (Å²) in [4.78, 5) is 30.3. The third-order valence-corrected chi connectivity index (χ3v) is 7.21. The molecule has 4 nitrogen and oxygen atoms in total. The van der Waals surface area contributed by atoms with Crippen molar-refractivity contribution < 1.29 is 9.59 Å². The molecule has 1 saturated heterocycles. The minimum absolute atomic E-state index is 0.0372. The van der Waals surface area contributed by atoms with Crippen LogP contribution in [0.1, 0.15) is 42.4 Å². The molecule has 0 bridgehead atoms. The van der Waals surface area contributed by atoms with Crippen LogP contribution >= 0.6 is 0 Å². The van der Waals surface area contributed by atoms with Crippen LogP contribution in [0.25, 0.3) is 0 Å². The lowest BCUT2D eigenvalue weighted by Crippen LogP contribution is -2.43. The van der Waals surface area contributed by atoms with Crippen molar-refractivity contribution in [2.45, 2.75) is 45.1 Å². The standard InChI is InChI=1S/C26H30N2O2/c29-24(23-17-22-8-4-7-21-13-16-28(25(21)22)26(23)30)10-9-19-11-14-27(15-12-19)18-20-5-2-1-3-6-20/h1-8,19,23H,9-18H2. The van der Waals surface area contributed by atoms with Crippen LogP contribution in [0.3, 0.4) is 0 Å². The Labute approximate surface area is 178 Å². The molecule has 3 heterocycles. The van der Waals surface area contributed by atoms with Crippen LogP contribution in [0.5, 0.6) is 0 Å². The number of Topliss-reactive ketones (excluding diaryl/α,β-unsaturated/α-hetero) is 1. The van der Waals surface area contributed by atoms with Crippen LogP contribution in [-0.4, -0.2) is 36.2 Å². The molecule has 4 heteroatoms. The molecule has 1 amide bonds. The van der Waals surface area contributed by atoms with Crippen molar-refractivity contribution in [1.82, 2.24) is 4.90 Å². The van der Waals surface area contributed by atoms with Gasteiger partial charge in [0, 0.05) is 19.5 Å². The molecule has 0 spiro atoms. The molecule has 2 aromatic carbocycles. The van der Waals surface area contributed by atoms with Crippen LogP contribution < -0.4 is 4.90 Å². The number of carbonyl (C=O) groups is 2. The van der Waals surface area contributed by atoms with Gasteiger partial charge in [0.2, 0.25) is 5.91 Å². The summed E-state index contributed by atoms with van der Waals surface area (Å²) in [5, 5.41) is 0. The smallest absolute Gasteiger partial charge is 0.237 e. The van der Waals surface area contributed by atoms with Crippen LogP contribution in [0.15, 0.2) is 48.5 Å². The van der Waals surface area contributed by atoms with Gasteiger partial charge in [0.25, 0.3) is 0 Å². The van der Waals surface area contributed by atoms with E-state index in [0.29, 0.717) is 18.8 Å². The lowest BCUT2D eigenvalue weighted by Gasteiger charge is -2.33. The minimum atomic E-state index is -0.469. The van der Waals surface area contributed by atoms with Crippen LogP contribution in [-0.2, 0) is 29.0 Å². The molecule has 0 aromatic heterocycles. The Balaban J connectivity index is 1.13. The molecule has 156 valence electrons. The Bertz CT molecular complexity index is 931. The monoisotopic (exact) mass is 402 g/mol. The number of benzene rings is 2. The third kappa shape index (κ3) is 3.81. The van der Waals surface area contributed by atoms with Gasteiger partial charge in [0.1, 0.15) is 11.7 Å². The normalized spacial score (nSPS) is 21.7. The Morgan fingerprint density at radius 2 is 1.70 bits per heavy atom. The predicted octanol–water partition coefficient (Wildman–Crippen LogP) is 4.01. The fourth-order valence-electron chi connectivity index (χ4n) is 5.46. The van der Waals surface area contributed by atoms with E-state index in [2.05, 4.69) is 53.4 Å². The summed E-state index contributed by atoms with van der Waals surface area (Å²) in [6.45, 7) is 3.94. The highest BCUT2D eigenvalue weighted by atomic mass is 16.2.